The Morgan fingerprint density at radius 3 is 2.64 bits per heavy atom. The van der Waals surface area contributed by atoms with Crippen molar-refractivity contribution in [1.82, 2.24) is 9.97 Å². The van der Waals surface area contributed by atoms with Crippen molar-refractivity contribution in [1.29, 1.82) is 5.26 Å². The van der Waals surface area contributed by atoms with Crippen LogP contribution in [0.5, 0.6) is 11.6 Å². The van der Waals surface area contributed by atoms with Crippen LogP contribution in [0.25, 0.3) is 11.3 Å². The molecule has 1 aliphatic heterocycles. The van der Waals surface area contributed by atoms with Crippen LogP contribution in [0, 0.1) is 22.6 Å². The van der Waals surface area contributed by atoms with Crippen LogP contribution in [0.3, 0.4) is 0 Å². The van der Waals surface area contributed by atoms with Crippen LogP contribution >= 0.6 is 0 Å². The Hall–Kier alpha value is -3.87. The lowest BCUT2D eigenvalue weighted by atomic mass is 9.61. The third-order valence-corrected chi connectivity index (χ3v) is 6.56. The molecule has 1 aromatic carbocycles. The third-order valence-electron chi connectivity index (χ3n) is 6.56. The topological polar surface area (TPSA) is 71.3 Å². The fraction of sp³-hybridized carbons (Fsp3) is 0.346. The van der Waals surface area contributed by atoms with Crippen molar-refractivity contribution in [2.24, 2.45) is 5.41 Å². The van der Waals surface area contributed by atoms with Crippen molar-refractivity contribution < 1.29 is 27.0 Å². The summed E-state index contributed by atoms with van der Waals surface area (Å²) in [6.45, 7) is 3.16. The number of anilines is 1. The molecule has 0 unspecified atom stereocenters. The number of hydrogen-bond donors (Lipinski definition) is 0. The first-order valence-corrected chi connectivity index (χ1v) is 11.5. The van der Waals surface area contributed by atoms with Gasteiger partial charge in [0.15, 0.2) is 11.4 Å². The first kappa shape index (κ1) is 23.9. The van der Waals surface area contributed by atoms with Gasteiger partial charge in [0.2, 0.25) is 5.88 Å². The maximum atomic E-state index is 13.4. The van der Waals surface area contributed by atoms with Gasteiger partial charge in [0.1, 0.15) is 18.0 Å². The van der Waals surface area contributed by atoms with Crippen molar-refractivity contribution in [3.8, 4) is 29.0 Å². The molecule has 0 radical (unpaired) electrons. The number of halogens is 4. The highest BCUT2D eigenvalue weighted by molar-refractivity contribution is 5.66. The summed E-state index contributed by atoms with van der Waals surface area (Å²) in [7, 11) is 0. The van der Waals surface area contributed by atoms with Crippen LogP contribution in [0.1, 0.15) is 31.0 Å². The molecule has 1 saturated carbocycles. The standard InChI is InChI=1S/C26H22F4N4O2/c1-2-35-24-18(4-3-9-32-24)20-6-8-23(21(13-31)33-20)36-17-11-25(12-17)14-34(15-25)22-7-5-16(27)10-19(22)26(28,29)30/h3-10,17H,2,11-12,14-15H2,1H3. The zero-order chi connectivity index (χ0) is 25.5. The number of ether oxygens (including phenoxy) is 2. The molecule has 0 amide bonds. The van der Waals surface area contributed by atoms with E-state index < -0.39 is 17.6 Å². The molecule has 0 N–H and O–H groups in total. The van der Waals surface area contributed by atoms with Crippen LogP contribution in [0.2, 0.25) is 0 Å². The molecule has 2 aromatic heterocycles. The average Bonchev–Trinajstić information content (AvgIpc) is 2.80. The maximum Gasteiger partial charge on any atom is 0.418 e. The van der Waals surface area contributed by atoms with Gasteiger partial charge in [-0.3, -0.25) is 0 Å². The minimum Gasteiger partial charge on any atom is -0.487 e. The van der Waals surface area contributed by atoms with Crippen molar-refractivity contribution in [2.45, 2.75) is 32.0 Å². The van der Waals surface area contributed by atoms with Crippen molar-refractivity contribution in [3.05, 3.63) is 65.7 Å². The Bertz CT molecular complexity index is 1320. The Morgan fingerprint density at radius 1 is 1.17 bits per heavy atom. The number of alkyl halides is 3. The predicted molar refractivity (Wildman–Crippen MR) is 123 cm³/mol. The van der Waals surface area contributed by atoms with Gasteiger partial charge in [-0.2, -0.15) is 18.4 Å². The van der Waals surface area contributed by atoms with Gasteiger partial charge in [-0.05, 0) is 62.2 Å². The number of nitrogens with zero attached hydrogens (tertiary/aromatic N) is 4. The van der Waals surface area contributed by atoms with E-state index in [1.165, 1.54) is 6.07 Å². The number of rotatable bonds is 6. The Morgan fingerprint density at radius 2 is 1.94 bits per heavy atom. The molecule has 36 heavy (non-hydrogen) atoms. The van der Waals surface area contributed by atoms with Gasteiger partial charge in [0.05, 0.1) is 23.4 Å². The van der Waals surface area contributed by atoms with E-state index in [1.807, 2.05) is 13.0 Å². The van der Waals surface area contributed by atoms with E-state index in [0.29, 0.717) is 61.5 Å². The number of aromatic nitrogens is 2. The lowest BCUT2D eigenvalue weighted by Crippen LogP contribution is -2.65. The molecule has 2 aliphatic rings. The minimum absolute atomic E-state index is 0.00716. The molecule has 10 heteroatoms. The molecule has 2 fully saturated rings. The van der Waals surface area contributed by atoms with Crippen molar-refractivity contribution in [2.75, 3.05) is 24.6 Å². The van der Waals surface area contributed by atoms with Gasteiger partial charge < -0.3 is 14.4 Å². The van der Waals surface area contributed by atoms with E-state index in [1.54, 1.807) is 29.3 Å². The Kier molecular flexibility index (Phi) is 5.94. The first-order valence-electron chi connectivity index (χ1n) is 11.5. The van der Waals surface area contributed by atoms with Crippen LogP contribution in [-0.4, -0.2) is 35.8 Å². The minimum atomic E-state index is -4.63. The molecule has 186 valence electrons. The SMILES string of the molecule is CCOc1ncccc1-c1ccc(OC2CC3(C2)CN(c2ccc(F)cc2C(F)(F)F)C3)c(C#N)n1. The van der Waals surface area contributed by atoms with Gasteiger partial charge in [0, 0.05) is 30.4 Å². The lowest BCUT2D eigenvalue weighted by Gasteiger charge is -2.59. The second kappa shape index (κ2) is 8.97. The van der Waals surface area contributed by atoms with Gasteiger partial charge in [-0.15, -0.1) is 0 Å². The number of nitriles is 1. The molecule has 3 aromatic rings. The van der Waals surface area contributed by atoms with Crippen LogP contribution < -0.4 is 14.4 Å². The highest BCUT2D eigenvalue weighted by atomic mass is 19.4. The normalized spacial score (nSPS) is 16.7. The molecular weight excluding hydrogens is 476 g/mol. The monoisotopic (exact) mass is 498 g/mol. The Labute approximate surface area is 205 Å². The number of benzene rings is 1. The van der Waals surface area contributed by atoms with E-state index in [2.05, 4.69) is 16.0 Å². The van der Waals surface area contributed by atoms with Gasteiger partial charge in [0.25, 0.3) is 0 Å². The predicted octanol–water partition coefficient (Wildman–Crippen LogP) is 5.62. The van der Waals surface area contributed by atoms with E-state index in [0.717, 1.165) is 6.07 Å². The van der Waals surface area contributed by atoms with Crippen molar-refractivity contribution >= 4 is 5.69 Å². The van der Waals surface area contributed by atoms with Gasteiger partial charge in [-0.25, -0.2) is 14.4 Å². The zero-order valence-electron chi connectivity index (χ0n) is 19.3. The Balaban J connectivity index is 1.24. The van der Waals surface area contributed by atoms with E-state index >= 15 is 0 Å². The van der Waals surface area contributed by atoms with Gasteiger partial charge >= 0.3 is 6.18 Å². The van der Waals surface area contributed by atoms with Crippen LogP contribution in [0.4, 0.5) is 23.2 Å². The lowest BCUT2D eigenvalue weighted by molar-refractivity contribution is -0.137. The summed E-state index contributed by atoms with van der Waals surface area (Å²) in [5.74, 6) is -0.128. The quantitative estimate of drug-likeness (QED) is 0.411. The molecule has 1 saturated heterocycles. The first-order chi connectivity index (χ1) is 17.2. The van der Waals surface area contributed by atoms with E-state index in [4.69, 9.17) is 9.47 Å². The summed E-state index contributed by atoms with van der Waals surface area (Å²) >= 11 is 0. The molecule has 0 atom stereocenters. The van der Waals surface area contributed by atoms with E-state index in [9.17, 15) is 22.8 Å². The zero-order valence-corrected chi connectivity index (χ0v) is 19.3. The highest BCUT2D eigenvalue weighted by Gasteiger charge is 2.54. The second-order valence-electron chi connectivity index (χ2n) is 9.11. The summed E-state index contributed by atoms with van der Waals surface area (Å²) in [5.41, 5.74) is 0.219. The summed E-state index contributed by atoms with van der Waals surface area (Å²) in [6, 6.07) is 11.8. The highest BCUT2D eigenvalue weighted by Crippen LogP contribution is 2.52. The number of pyridine rings is 2. The largest absolute Gasteiger partial charge is 0.487 e. The van der Waals surface area contributed by atoms with E-state index in [-0.39, 0.29) is 22.9 Å². The number of hydrogen-bond acceptors (Lipinski definition) is 6. The third kappa shape index (κ3) is 4.41. The summed E-state index contributed by atoms with van der Waals surface area (Å²) in [4.78, 5) is 10.3. The van der Waals surface area contributed by atoms with Crippen LogP contribution in [-0.2, 0) is 6.18 Å². The fourth-order valence-corrected chi connectivity index (χ4v) is 4.98. The van der Waals surface area contributed by atoms with Gasteiger partial charge in [-0.1, -0.05) is 0 Å². The van der Waals surface area contributed by atoms with Crippen molar-refractivity contribution in [3.63, 3.8) is 0 Å². The second-order valence-corrected chi connectivity index (χ2v) is 9.11. The molecular formula is C26H22F4N4O2. The molecule has 1 aliphatic carbocycles. The average molecular weight is 498 g/mol. The summed E-state index contributed by atoms with van der Waals surface area (Å²) in [6.07, 6.45) is -1.88. The molecule has 0 bridgehead atoms. The molecule has 1 spiro atoms. The summed E-state index contributed by atoms with van der Waals surface area (Å²) in [5, 5.41) is 9.63. The summed E-state index contributed by atoms with van der Waals surface area (Å²) < 4.78 is 65.1. The fourth-order valence-electron chi connectivity index (χ4n) is 4.98. The molecule has 5 rings (SSSR count). The molecule has 6 nitrogen and oxygen atoms in total. The maximum absolute atomic E-state index is 13.4. The smallest absolute Gasteiger partial charge is 0.418 e. The molecule has 3 heterocycles. The van der Waals surface area contributed by atoms with Crippen LogP contribution in [0.15, 0.2) is 48.7 Å².